The van der Waals surface area contributed by atoms with Gasteiger partial charge in [-0.3, -0.25) is 5.32 Å². The first-order valence-corrected chi connectivity index (χ1v) is 10.5. The van der Waals surface area contributed by atoms with Gasteiger partial charge in [0.05, 0.1) is 5.52 Å². The zero-order chi connectivity index (χ0) is 19.9. The summed E-state index contributed by atoms with van der Waals surface area (Å²) in [5, 5.41) is 16.8. The van der Waals surface area contributed by atoms with Crippen LogP contribution >= 0.6 is 23.6 Å². The van der Waals surface area contributed by atoms with E-state index < -0.39 is 0 Å². The number of aromatic nitrogens is 6. The van der Waals surface area contributed by atoms with Crippen LogP contribution in [0.2, 0.25) is 0 Å². The van der Waals surface area contributed by atoms with Gasteiger partial charge >= 0.3 is 6.03 Å². The zero-order valence-electron chi connectivity index (χ0n) is 15.9. The molecule has 11 heteroatoms. The predicted octanol–water partition coefficient (Wildman–Crippen LogP) is 3.77. The molecule has 0 spiro atoms. The topological polar surface area (TPSA) is 115 Å². The Kier molecular flexibility index (Phi) is 7.04. The molecule has 0 radical (unpaired) electrons. The van der Waals surface area contributed by atoms with Crippen LogP contribution < -0.4 is 5.32 Å². The van der Waals surface area contributed by atoms with Crippen molar-refractivity contribution >= 4 is 45.8 Å². The Morgan fingerprint density at radius 1 is 1.32 bits per heavy atom. The van der Waals surface area contributed by atoms with Crippen LogP contribution in [0.3, 0.4) is 0 Å². The van der Waals surface area contributed by atoms with Crippen LogP contribution in [-0.2, 0) is 6.42 Å². The summed E-state index contributed by atoms with van der Waals surface area (Å²) in [6, 6.07) is 3.55. The molecule has 0 fully saturated rings. The van der Waals surface area contributed by atoms with Crippen molar-refractivity contribution in [1.29, 1.82) is 0 Å². The van der Waals surface area contributed by atoms with E-state index in [-0.39, 0.29) is 6.03 Å². The largest absolute Gasteiger partial charge is 0.336 e. The van der Waals surface area contributed by atoms with Crippen molar-refractivity contribution in [2.45, 2.75) is 39.5 Å². The van der Waals surface area contributed by atoms with Gasteiger partial charge in [0.25, 0.3) is 0 Å². The summed E-state index contributed by atoms with van der Waals surface area (Å²) < 4.78 is 0.674. The molecule has 3 heterocycles. The molecule has 9 nitrogen and oxygen atoms in total. The van der Waals surface area contributed by atoms with Crippen LogP contribution in [0.15, 0.2) is 12.1 Å². The summed E-state index contributed by atoms with van der Waals surface area (Å²) in [4.78, 5) is 22.9. The minimum atomic E-state index is -0.127. The van der Waals surface area contributed by atoms with Crippen LogP contribution in [0.4, 0.5) is 10.6 Å². The van der Waals surface area contributed by atoms with Gasteiger partial charge in [0.1, 0.15) is 10.6 Å². The number of H-pyrrole nitrogens is 2. The number of amides is 2. The van der Waals surface area contributed by atoms with E-state index in [1.54, 1.807) is 6.07 Å². The van der Waals surface area contributed by atoms with Gasteiger partial charge in [-0.25, -0.2) is 9.78 Å². The monoisotopic (exact) mass is 420 g/mol. The molecule has 0 aliphatic rings. The predicted molar refractivity (Wildman–Crippen MR) is 112 cm³/mol. The van der Waals surface area contributed by atoms with Gasteiger partial charge < -0.3 is 9.88 Å². The molecule has 0 aliphatic heterocycles. The number of pyridine rings is 1. The smallest absolute Gasteiger partial charge is 0.323 e. The highest BCUT2D eigenvalue weighted by atomic mass is 32.1. The fourth-order valence-electron chi connectivity index (χ4n) is 2.86. The molecule has 0 atom stereocenters. The Morgan fingerprint density at radius 3 is 2.93 bits per heavy atom. The van der Waals surface area contributed by atoms with Crippen LogP contribution in [-0.4, -0.2) is 54.6 Å². The Labute approximate surface area is 172 Å². The Hall–Kier alpha value is -2.40. The van der Waals surface area contributed by atoms with Crippen molar-refractivity contribution in [3.05, 3.63) is 21.9 Å². The molecule has 3 aromatic heterocycles. The summed E-state index contributed by atoms with van der Waals surface area (Å²) >= 11 is 6.54. The number of urea groups is 1. The van der Waals surface area contributed by atoms with Crippen molar-refractivity contribution in [2.75, 3.05) is 18.4 Å². The lowest BCUT2D eigenvalue weighted by molar-refractivity contribution is 0.203. The third-order valence-electron chi connectivity index (χ3n) is 4.11. The second kappa shape index (κ2) is 9.69. The van der Waals surface area contributed by atoms with Gasteiger partial charge in [-0.15, -0.1) is 10.2 Å². The molecule has 3 N–H and O–H groups in total. The molecule has 3 rings (SSSR count). The molecule has 0 unspecified atom stereocenters. The average Bonchev–Trinajstić information content (AvgIpc) is 3.28. The number of hydrogen-bond donors (Lipinski definition) is 3. The molecule has 150 valence electrons. The van der Waals surface area contributed by atoms with E-state index >= 15 is 0 Å². The van der Waals surface area contributed by atoms with Crippen LogP contribution in [0.5, 0.6) is 0 Å². The maximum atomic E-state index is 12.8. The average molecular weight is 421 g/mol. The van der Waals surface area contributed by atoms with Crippen molar-refractivity contribution < 1.29 is 4.79 Å². The highest BCUT2D eigenvalue weighted by Crippen LogP contribution is 2.19. The summed E-state index contributed by atoms with van der Waals surface area (Å²) in [5.74, 6) is 1.65. The molecule has 0 aliphatic carbocycles. The first-order valence-electron chi connectivity index (χ1n) is 9.29. The van der Waals surface area contributed by atoms with Gasteiger partial charge in [0.2, 0.25) is 0 Å². The Morgan fingerprint density at radius 2 is 2.18 bits per heavy atom. The molecule has 2 amide bonds. The highest BCUT2D eigenvalue weighted by molar-refractivity contribution is 7.73. The molecule has 3 aromatic rings. The molecular formula is C17H24N8OS2. The van der Waals surface area contributed by atoms with Crippen LogP contribution in [0.25, 0.3) is 10.3 Å². The maximum absolute atomic E-state index is 12.8. The molecule has 0 bridgehead atoms. The normalized spacial score (nSPS) is 11.2. The third-order valence-corrected chi connectivity index (χ3v) is 5.26. The standard InChI is InChI=1S/C17H24N8OS2/c1-11(2)10-25(9-5-3-4-6-14-21-23-24-22-14)16(26)20-13-8-7-12-15(19-13)28-17(27)18-12/h7-8,11H,3-6,9-10H2,1-2H3,(H,18,27)(H,19,20,26)(H,21,22,23,24). The van der Waals surface area contributed by atoms with E-state index in [4.69, 9.17) is 12.2 Å². The van der Waals surface area contributed by atoms with Gasteiger partial charge in [-0.1, -0.05) is 36.8 Å². The van der Waals surface area contributed by atoms with Crippen LogP contribution in [0, 0.1) is 9.87 Å². The SMILES string of the molecule is CC(C)CN(CCCCCc1nn[nH]n1)C(=O)Nc1ccc2[nH]c(=S)sc2n1. The number of nitrogens with one attached hydrogen (secondary N) is 3. The summed E-state index contributed by atoms with van der Waals surface area (Å²) in [7, 11) is 0. The number of aromatic amines is 2. The number of unbranched alkanes of at least 4 members (excludes halogenated alkanes) is 2. The van der Waals surface area contributed by atoms with E-state index in [0.717, 1.165) is 41.9 Å². The van der Waals surface area contributed by atoms with E-state index in [9.17, 15) is 4.79 Å². The second-order valence-electron chi connectivity index (χ2n) is 6.97. The van der Waals surface area contributed by atoms with Crippen molar-refractivity contribution in [3.63, 3.8) is 0 Å². The number of tetrazole rings is 1. The van der Waals surface area contributed by atoms with Gasteiger partial charge in [-0.2, -0.15) is 5.21 Å². The molecule has 0 saturated heterocycles. The number of fused-ring (bicyclic) bond motifs is 1. The third kappa shape index (κ3) is 5.80. The number of nitrogens with zero attached hydrogens (tertiary/aromatic N) is 5. The fourth-order valence-corrected chi connectivity index (χ4v) is 3.92. The van der Waals surface area contributed by atoms with Crippen molar-refractivity contribution in [3.8, 4) is 0 Å². The minimum Gasteiger partial charge on any atom is -0.336 e. The van der Waals surface area contributed by atoms with Gasteiger partial charge in [-0.05, 0) is 43.1 Å². The Balaban J connectivity index is 1.53. The van der Waals surface area contributed by atoms with Crippen molar-refractivity contribution in [1.82, 2.24) is 35.5 Å². The quantitative estimate of drug-likeness (QED) is 0.358. The zero-order valence-corrected chi connectivity index (χ0v) is 17.6. The van der Waals surface area contributed by atoms with E-state index in [1.165, 1.54) is 11.3 Å². The number of rotatable bonds is 9. The number of carbonyl (C=O) groups is 1. The van der Waals surface area contributed by atoms with Crippen LogP contribution in [0.1, 0.15) is 38.9 Å². The first kappa shape index (κ1) is 20.3. The lowest BCUT2D eigenvalue weighted by atomic mass is 10.1. The molecule has 28 heavy (non-hydrogen) atoms. The summed E-state index contributed by atoms with van der Waals surface area (Å²) in [6.07, 6.45) is 3.67. The lowest BCUT2D eigenvalue weighted by Gasteiger charge is -2.24. The number of carbonyl (C=O) groups excluding carboxylic acids is 1. The summed E-state index contributed by atoms with van der Waals surface area (Å²) in [6.45, 7) is 5.60. The minimum absolute atomic E-state index is 0.127. The lowest BCUT2D eigenvalue weighted by Crippen LogP contribution is -2.38. The van der Waals surface area contributed by atoms with E-state index in [1.807, 2.05) is 11.0 Å². The van der Waals surface area contributed by atoms with Gasteiger partial charge in [0, 0.05) is 19.5 Å². The number of aryl methyl sites for hydroxylation is 1. The highest BCUT2D eigenvalue weighted by Gasteiger charge is 2.16. The number of hydrogen-bond acceptors (Lipinski definition) is 7. The molecular weight excluding hydrogens is 396 g/mol. The van der Waals surface area contributed by atoms with E-state index in [0.29, 0.717) is 28.8 Å². The first-order chi connectivity index (χ1) is 13.5. The fraction of sp³-hybridized carbons (Fsp3) is 0.529. The summed E-state index contributed by atoms with van der Waals surface area (Å²) in [5.41, 5.74) is 0.883. The molecule has 0 saturated carbocycles. The second-order valence-corrected chi connectivity index (χ2v) is 8.64. The van der Waals surface area contributed by atoms with Gasteiger partial charge in [0.15, 0.2) is 9.78 Å². The van der Waals surface area contributed by atoms with E-state index in [2.05, 4.69) is 49.8 Å². The number of anilines is 1. The maximum Gasteiger partial charge on any atom is 0.323 e. The van der Waals surface area contributed by atoms with Crippen molar-refractivity contribution in [2.24, 2.45) is 5.92 Å². The number of thiazole rings is 1. The Bertz CT molecular complexity index is 950. The molecule has 0 aromatic carbocycles.